The van der Waals surface area contributed by atoms with Crippen LogP contribution >= 0.6 is 22.9 Å². The van der Waals surface area contributed by atoms with Crippen LogP contribution in [0.5, 0.6) is 0 Å². The molecule has 0 fully saturated rings. The van der Waals surface area contributed by atoms with Crippen LogP contribution < -0.4 is 0 Å². The van der Waals surface area contributed by atoms with Gasteiger partial charge in [-0.05, 0) is 29.8 Å². The van der Waals surface area contributed by atoms with Crippen LogP contribution in [0.4, 0.5) is 0 Å². The summed E-state index contributed by atoms with van der Waals surface area (Å²) in [6.07, 6.45) is 1.47. The lowest BCUT2D eigenvalue weighted by molar-refractivity contribution is 0.178. The molecule has 0 amide bonds. The summed E-state index contributed by atoms with van der Waals surface area (Å²) in [6.45, 7) is 0. The highest BCUT2D eigenvalue weighted by atomic mass is 35.5. The molecule has 96 valence electrons. The predicted molar refractivity (Wildman–Crippen MR) is 77.5 cm³/mol. The molecule has 0 aliphatic heterocycles. The maximum absolute atomic E-state index is 10.2. The number of nitrogens with zero attached hydrogens (tertiary/aromatic N) is 2. The Morgan fingerprint density at radius 1 is 1.26 bits per heavy atom. The minimum absolute atomic E-state index is 0.390. The number of hydrogen-bond acceptors (Lipinski definition) is 4. The Morgan fingerprint density at radius 3 is 2.89 bits per heavy atom. The van der Waals surface area contributed by atoms with E-state index in [0.29, 0.717) is 11.6 Å². The SMILES string of the molecule is OC(Cc1nc2ccccc2s1)c1ccnc(Cl)c1. The van der Waals surface area contributed by atoms with E-state index >= 15 is 0 Å². The second-order valence-electron chi connectivity index (χ2n) is 4.21. The lowest BCUT2D eigenvalue weighted by atomic mass is 10.1. The molecule has 19 heavy (non-hydrogen) atoms. The van der Waals surface area contributed by atoms with E-state index in [1.165, 1.54) is 0 Å². The predicted octanol–water partition coefficient (Wildman–Crippen LogP) is 3.62. The molecule has 0 saturated heterocycles. The van der Waals surface area contributed by atoms with Gasteiger partial charge in [-0.2, -0.15) is 0 Å². The smallest absolute Gasteiger partial charge is 0.129 e. The van der Waals surface area contributed by atoms with Crippen molar-refractivity contribution in [2.24, 2.45) is 0 Å². The van der Waals surface area contributed by atoms with Gasteiger partial charge >= 0.3 is 0 Å². The van der Waals surface area contributed by atoms with Crippen LogP contribution in [0.25, 0.3) is 10.2 Å². The molecular formula is C14H11ClN2OS. The van der Waals surface area contributed by atoms with Gasteiger partial charge in [-0.15, -0.1) is 11.3 Å². The minimum atomic E-state index is -0.610. The Labute approximate surface area is 119 Å². The maximum atomic E-state index is 10.2. The first-order chi connectivity index (χ1) is 9.22. The highest BCUT2D eigenvalue weighted by molar-refractivity contribution is 7.18. The molecule has 3 rings (SSSR count). The summed E-state index contributed by atoms with van der Waals surface area (Å²) in [5, 5.41) is 11.5. The maximum Gasteiger partial charge on any atom is 0.129 e. The number of fused-ring (bicyclic) bond motifs is 1. The van der Waals surface area contributed by atoms with Gasteiger partial charge in [0.05, 0.1) is 21.3 Å². The van der Waals surface area contributed by atoms with Crippen LogP contribution in [-0.2, 0) is 6.42 Å². The van der Waals surface area contributed by atoms with Gasteiger partial charge in [0, 0.05) is 12.6 Å². The Bertz CT molecular complexity index is 680. The third kappa shape index (κ3) is 2.76. The van der Waals surface area contributed by atoms with Gasteiger partial charge < -0.3 is 5.11 Å². The topological polar surface area (TPSA) is 46.0 Å². The lowest BCUT2D eigenvalue weighted by Gasteiger charge is -2.08. The first-order valence-corrected chi connectivity index (χ1v) is 7.06. The normalized spacial score (nSPS) is 12.7. The van der Waals surface area contributed by atoms with Crippen LogP contribution in [0.3, 0.4) is 0 Å². The summed E-state index contributed by atoms with van der Waals surface area (Å²) in [4.78, 5) is 8.42. The van der Waals surface area contributed by atoms with E-state index in [2.05, 4.69) is 9.97 Å². The van der Waals surface area contributed by atoms with Gasteiger partial charge in [0.1, 0.15) is 5.15 Å². The van der Waals surface area contributed by atoms with Crippen molar-refractivity contribution in [3.63, 3.8) is 0 Å². The van der Waals surface area contributed by atoms with Gasteiger partial charge in [-0.3, -0.25) is 0 Å². The number of para-hydroxylation sites is 1. The Hall–Kier alpha value is -1.49. The molecule has 0 aliphatic carbocycles. The summed E-state index contributed by atoms with van der Waals surface area (Å²) in [6, 6.07) is 11.4. The van der Waals surface area contributed by atoms with Gasteiger partial charge in [0.2, 0.25) is 0 Å². The lowest BCUT2D eigenvalue weighted by Crippen LogP contribution is -2.01. The van der Waals surface area contributed by atoms with Crippen molar-refractivity contribution in [2.75, 3.05) is 0 Å². The fraction of sp³-hybridized carbons (Fsp3) is 0.143. The minimum Gasteiger partial charge on any atom is -0.388 e. The zero-order chi connectivity index (χ0) is 13.2. The molecule has 3 nitrogen and oxygen atoms in total. The standard InChI is InChI=1S/C14H11ClN2OS/c15-13-7-9(5-6-16-13)11(18)8-14-17-10-3-1-2-4-12(10)19-14/h1-7,11,18H,8H2. The number of aliphatic hydroxyl groups is 1. The molecule has 1 N–H and O–H groups in total. The summed E-state index contributed by atoms with van der Waals surface area (Å²) in [5.74, 6) is 0. The van der Waals surface area contributed by atoms with E-state index in [1.807, 2.05) is 24.3 Å². The molecule has 2 heterocycles. The van der Waals surface area contributed by atoms with Crippen LogP contribution in [-0.4, -0.2) is 15.1 Å². The summed E-state index contributed by atoms with van der Waals surface area (Å²) in [5.41, 5.74) is 1.74. The summed E-state index contributed by atoms with van der Waals surface area (Å²) < 4.78 is 1.14. The van der Waals surface area contributed by atoms with E-state index in [9.17, 15) is 5.11 Å². The number of aromatic nitrogens is 2. The Kier molecular flexibility index (Phi) is 3.46. The highest BCUT2D eigenvalue weighted by Crippen LogP contribution is 2.26. The fourth-order valence-electron chi connectivity index (χ4n) is 1.92. The summed E-state index contributed by atoms with van der Waals surface area (Å²) in [7, 11) is 0. The first kappa shape index (κ1) is 12.5. The molecule has 3 aromatic rings. The fourth-order valence-corrected chi connectivity index (χ4v) is 3.10. The van der Waals surface area contributed by atoms with Crippen LogP contribution in [0, 0.1) is 0 Å². The first-order valence-electron chi connectivity index (χ1n) is 5.86. The van der Waals surface area contributed by atoms with Crippen molar-refractivity contribution in [1.29, 1.82) is 0 Å². The quantitative estimate of drug-likeness (QED) is 0.749. The van der Waals surface area contributed by atoms with Crippen molar-refractivity contribution in [1.82, 2.24) is 9.97 Å². The second-order valence-corrected chi connectivity index (χ2v) is 5.71. The molecule has 1 aromatic carbocycles. The van der Waals surface area contributed by atoms with Gasteiger partial charge in [-0.1, -0.05) is 23.7 Å². The van der Waals surface area contributed by atoms with Gasteiger partial charge in [-0.25, -0.2) is 9.97 Å². The van der Waals surface area contributed by atoms with Crippen molar-refractivity contribution >= 4 is 33.2 Å². The van der Waals surface area contributed by atoms with Crippen LogP contribution in [0.1, 0.15) is 16.7 Å². The molecule has 1 atom stereocenters. The summed E-state index contributed by atoms with van der Waals surface area (Å²) >= 11 is 7.43. The van der Waals surface area contributed by atoms with E-state index in [0.717, 1.165) is 20.8 Å². The zero-order valence-electron chi connectivity index (χ0n) is 9.95. The number of thiazole rings is 1. The Morgan fingerprint density at radius 2 is 2.11 bits per heavy atom. The van der Waals surface area contributed by atoms with E-state index in [1.54, 1.807) is 29.7 Å². The highest BCUT2D eigenvalue weighted by Gasteiger charge is 2.12. The van der Waals surface area contributed by atoms with Crippen LogP contribution in [0.15, 0.2) is 42.6 Å². The van der Waals surface area contributed by atoms with Crippen molar-refractivity contribution in [3.8, 4) is 0 Å². The number of hydrogen-bond donors (Lipinski definition) is 1. The average Bonchev–Trinajstić information content (AvgIpc) is 2.80. The number of halogens is 1. The van der Waals surface area contributed by atoms with E-state index < -0.39 is 6.10 Å². The molecule has 0 spiro atoms. The molecule has 0 saturated carbocycles. The van der Waals surface area contributed by atoms with Crippen LogP contribution in [0.2, 0.25) is 5.15 Å². The average molecular weight is 291 g/mol. The van der Waals surface area contributed by atoms with E-state index in [-0.39, 0.29) is 0 Å². The van der Waals surface area contributed by atoms with Gasteiger partial charge in [0.25, 0.3) is 0 Å². The van der Waals surface area contributed by atoms with Gasteiger partial charge in [0.15, 0.2) is 0 Å². The van der Waals surface area contributed by atoms with Crippen molar-refractivity contribution in [3.05, 3.63) is 58.3 Å². The molecule has 0 aliphatic rings. The number of benzene rings is 1. The third-order valence-corrected chi connectivity index (χ3v) is 4.11. The van der Waals surface area contributed by atoms with Crippen molar-refractivity contribution < 1.29 is 5.11 Å². The molecule has 1 unspecified atom stereocenters. The van der Waals surface area contributed by atoms with E-state index in [4.69, 9.17) is 11.6 Å². The molecule has 2 aromatic heterocycles. The number of rotatable bonds is 3. The third-order valence-electron chi connectivity index (χ3n) is 2.84. The second kappa shape index (κ2) is 5.25. The molecule has 0 bridgehead atoms. The largest absolute Gasteiger partial charge is 0.388 e. The molecule has 5 heteroatoms. The monoisotopic (exact) mass is 290 g/mol. The zero-order valence-corrected chi connectivity index (χ0v) is 11.5. The van der Waals surface area contributed by atoms with Crippen molar-refractivity contribution in [2.45, 2.75) is 12.5 Å². The Balaban J connectivity index is 1.84. The molecule has 0 radical (unpaired) electrons. The number of pyridine rings is 1. The number of aliphatic hydroxyl groups excluding tert-OH is 1. The molecular weight excluding hydrogens is 280 g/mol.